The summed E-state index contributed by atoms with van der Waals surface area (Å²) < 4.78 is 5.76. The summed E-state index contributed by atoms with van der Waals surface area (Å²) in [6.07, 6.45) is 4.14. The van der Waals surface area contributed by atoms with Gasteiger partial charge in [-0.15, -0.1) is 0 Å². The number of rotatable bonds is 10. The number of hydrogen-bond acceptors (Lipinski definition) is 5. The molecule has 0 spiro atoms. The summed E-state index contributed by atoms with van der Waals surface area (Å²) in [5.41, 5.74) is 3.74. The summed E-state index contributed by atoms with van der Waals surface area (Å²) in [7, 11) is 1.62. The predicted octanol–water partition coefficient (Wildman–Crippen LogP) is 1.15. The molecule has 0 saturated heterocycles. The lowest BCUT2D eigenvalue weighted by Crippen LogP contribution is -2.47. The first-order chi connectivity index (χ1) is 10.6. The quantitative estimate of drug-likeness (QED) is 0.357. The summed E-state index contributed by atoms with van der Waals surface area (Å²) in [6.45, 7) is 9.27. The third kappa shape index (κ3) is 7.90. The lowest BCUT2D eigenvalue weighted by molar-refractivity contribution is -0.141. The van der Waals surface area contributed by atoms with Crippen molar-refractivity contribution in [1.29, 1.82) is 0 Å². The molecule has 132 valence electrons. The van der Waals surface area contributed by atoms with E-state index in [1.165, 1.54) is 6.08 Å². The van der Waals surface area contributed by atoms with E-state index in [4.69, 9.17) is 4.74 Å². The van der Waals surface area contributed by atoms with Gasteiger partial charge in [-0.2, -0.15) is 0 Å². The lowest BCUT2D eigenvalue weighted by Gasteiger charge is -2.34. The molecule has 0 bridgehead atoms. The van der Waals surface area contributed by atoms with Crippen LogP contribution in [0.2, 0.25) is 0 Å². The standard InChI is InChI=1S/C16H29N3O4/c1-7-8-14(22)19(12-20)15(2,3)9-10-23-16(4,5)11-13(21)18-17-6/h7-8,12,17H,9-11H2,1-6H3,(H,18,21)/b8-7-. The van der Waals surface area contributed by atoms with E-state index in [1.54, 1.807) is 33.9 Å². The highest BCUT2D eigenvalue weighted by Crippen LogP contribution is 2.21. The molecule has 0 unspecified atom stereocenters. The molecule has 0 aliphatic rings. The van der Waals surface area contributed by atoms with Crippen molar-refractivity contribution >= 4 is 18.2 Å². The second kappa shape index (κ2) is 9.42. The van der Waals surface area contributed by atoms with Gasteiger partial charge in [0.25, 0.3) is 5.91 Å². The maximum Gasteiger partial charge on any atom is 0.253 e. The molecule has 7 nitrogen and oxygen atoms in total. The van der Waals surface area contributed by atoms with Crippen LogP contribution in [-0.2, 0) is 19.1 Å². The average Bonchev–Trinajstić information content (AvgIpc) is 2.38. The van der Waals surface area contributed by atoms with Gasteiger partial charge < -0.3 is 4.74 Å². The molecule has 2 N–H and O–H groups in total. The predicted molar refractivity (Wildman–Crippen MR) is 88.3 cm³/mol. The van der Waals surface area contributed by atoms with Crippen LogP contribution in [0.5, 0.6) is 0 Å². The van der Waals surface area contributed by atoms with Crippen molar-refractivity contribution in [3.05, 3.63) is 12.2 Å². The van der Waals surface area contributed by atoms with Crippen molar-refractivity contribution in [2.45, 2.75) is 58.6 Å². The Bertz CT molecular complexity index is 445. The second-order valence-corrected chi connectivity index (χ2v) is 6.46. The van der Waals surface area contributed by atoms with Gasteiger partial charge in [0.15, 0.2) is 0 Å². The maximum absolute atomic E-state index is 11.9. The molecule has 0 aromatic rings. The van der Waals surface area contributed by atoms with Crippen molar-refractivity contribution in [3.63, 3.8) is 0 Å². The van der Waals surface area contributed by atoms with Crippen LogP contribution in [0.1, 0.15) is 47.5 Å². The lowest BCUT2D eigenvalue weighted by atomic mass is 9.98. The molecule has 0 aromatic heterocycles. The van der Waals surface area contributed by atoms with E-state index in [0.29, 0.717) is 19.4 Å². The van der Waals surface area contributed by atoms with Gasteiger partial charge in [0.1, 0.15) is 0 Å². The highest BCUT2D eigenvalue weighted by atomic mass is 16.5. The Balaban J connectivity index is 4.60. The van der Waals surface area contributed by atoms with Crippen LogP contribution in [0.4, 0.5) is 0 Å². The minimum absolute atomic E-state index is 0.172. The first-order valence-electron chi connectivity index (χ1n) is 7.60. The number of ether oxygens (including phenoxy) is 1. The molecule has 0 saturated carbocycles. The van der Waals surface area contributed by atoms with E-state index in [2.05, 4.69) is 10.9 Å². The van der Waals surface area contributed by atoms with E-state index >= 15 is 0 Å². The number of hydrogen-bond donors (Lipinski definition) is 2. The third-order valence-electron chi connectivity index (χ3n) is 3.36. The normalized spacial score (nSPS) is 12.3. The fourth-order valence-electron chi connectivity index (χ4n) is 2.03. The molecule has 0 heterocycles. The van der Waals surface area contributed by atoms with Crippen molar-refractivity contribution < 1.29 is 19.1 Å². The summed E-state index contributed by atoms with van der Waals surface area (Å²) in [4.78, 5) is 35.8. The Kier molecular flexibility index (Phi) is 8.71. The Labute approximate surface area is 138 Å². The molecular weight excluding hydrogens is 298 g/mol. The Hall–Kier alpha value is -1.73. The van der Waals surface area contributed by atoms with Crippen LogP contribution in [-0.4, -0.2) is 47.9 Å². The molecule has 0 aliphatic heterocycles. The average molecular weight is 327 g/mol. The maximum atomic E-state index is 11.9. The van der Waals surface area contributed by atoms with E-state index < -0.39 is 11.1 Å². The summed E-state index contributed by atoms with van der Waals surface area (Å²) in [5, 5.41) is 0. The van der Waals surface area contributed by atoms with E-state index in [-0.39, 0.29) is 18.2 Å². The van der Waals surface area contributed by atoms with Crippen molar-refractivity contribution in [2.75, 3.05) is 13.7 Å². The van der Waals surface area contributed by atoms with Gasteiger partial charge >= 0.3 is 0 Å². The summed E-state index contributed by atoms with van der Waals surface area (Å²) >= 11 is 0. The number of nitrogens with one attached hydrogen (secondary N) is 2. The van der Waals surface area contributed by atoms with Crippen LogP contribution in [0.15, 0.2) is 12.2 Å². The van der Waals surface area contributed by atoms with Crippen molar-refractivity contribution in [1.82, 2.24) is 15.8 Å². The largest absolute Gasteiger partial charge is 0.375 e. The molecule has 0 fully saturated rings. The van der Waals surface area contributed by atoms with Crippen LogP contribution in [0.3, 0.4) is 0 Å². The van der Waals surface area contributed by atoms with Crippen molar-refractivity contribution in [3.8, 4) is 0 Å². The molecule has 0 aromatic carbocycles. The van der Waals surface area contributed by atoms with Gasteiger partial charge in [-0.1, -0.05) is 6.08 Å². The van der Waals surface area contributed by atoms with Gasteiger partial charge in [0, 0.05) is 19.2 Å². The number of allylic oxidation sites excluding steroid dienone is 1. The molecule has 0 rings (SSSR count). The fourth-order valence-corrected chi connectivity index (χ4v) is 2.03. The minimum Gasteiger partial charge on any atom is -0.375 e. The van der Waals surface area contributed by atoms with Crippen LogP contribution in [0.25, 0.3) is 0 Å². The second-order valence-electron chi connectivity index (χ2n) is 6.46. The topological polar surface area (TPSA) is 87.7 Å². The Morgan fingerprint density at radius 2 is 1.83 bits per heavy atom. The van der Waals surface area contributed by atoms with Gasteiger partial charge in [0.2, 0.25) is 12.3 Å². The van der Waals surface area contributed by atoms with Crippen LogP contribution in [0, 0.1) is 0 Å². The molecule has 0 aliphatic carbocycles. The number of carbonyl (C=O) groups is 3. The highest BCUT2D eigenvalue weighted by molar-refractivity contribution is 5.95. The number of amides is 3. The molecule has 0 radical (unpaired) electrons. The number of hydrazine groups is 1. The number of imide groups is 1. The smallest absolute Gasteiger partial charge is 0.253 e. The van der Waals surface area contributed by atoms with E-state index in [0.717, 1.165) is 4.90 Å². The monoisotopic (exact) mass is 327 g/mol. The Morgan fingerprint density at radius 1 is 1.22 bits per heavy atom. The zero-order chi connectivity index (χ0) is 18.1. The summed E-state index contributed by atoms with van der Waals surface area (Å²) in [6, 6.07) is 0. The molecule has 3 amide bonds. The van der Waals surface area contributed by atoms with Crippen LogP contribution >= 0.6 is 0 Å². The minimum atomic E-state index is -0.679. The molecule has 7 heteroatoms. The van der Waals surface area contributed by atoms with Gasteiger partial charge in [-0.05, 0) is 47.1 Å². The first-order valence-corrected chi connectivity index (χ1v) is 7.60. The highest BCUT2D eigenvalue weighted by Gasteiger charge is 2.31. The Morgan fingerprint density at radius 3 is 2.30 bits per heavy atom. The molecular formula is C16H29N3O4. The van der Waals surface area contributed by atoms with Gasteiger partial charge in [0.05, 0.1) is 12.0 Å². The van der Waals surface area contributed by atoms with Gasteiger partial charge in [-0.25, -0.2) is 5.43 Å². The van der Waals surface area contributed by atoms with E-state index in [1.807, 2.05) is 13.8 Å². The SMILES string of the molecule is C/C=C\C(=O)N(C=O)C(C)(C)CCOC(C)(C)CC(=O)NNC. The van der Waals surface area contributed by atoms with E-state index in [9.17, 15) is 14.4 Å². The molecule has 23 heavy (non-hydrogen) atoms. The molecule has 0 atom stereocenters. The number of nitrogens with zero attached hydrogens (tertiary/aromatic N) is 1. The van der Waals surface area contributed by atoms with Gasteiger partial charge in [-0.3, -0.25) is 24.7 Å². The van der Waals surface area contributed by atoms with Crippen LogP contribution < -0.4 is 10.9 Å². The van der Waals surface area contributed by atoms with Crippen molar-refractivity contribution in [2.24, 2.45) is 0 Å². The zero-order valence-electron chi connectivity index (χ0n) is 14.9. The first kappa shape index (κ1) is 21.3. The third-order valence-corrected chi connectivity index (χ3v) is 3.36. The fraction of sp³-hybridized carbons (Fsp3) is 0.688. The summed E-state index contributed by atoms with van der Waals surface area (Å²) in [5.74, 6) is -0.533. The zero-order valence-corrected chi connectivity index (χ0v) is 14.9. The number of carbonyl (C=O) groups excluding carboxylic acids is 3.